The van der Waals surface area contributed by atoms with Crippen LogP contribution in [-0.2, 0) is 13.0 Å². The summed E-state index contributed by atoms with van der Waals surface area (Å²) in [6.45, 7) is 0.402. The van der Waals surface area contributed by atoms with Crippen LogP contribution in [0.1, 0.15) is 17.0 Å². The number of fused-ring (bicyclic) bond motifs is 1. The molecule has 0 atom stereocenters. The highest BCUT2D eigenvalue weighted by Gasteiger charge is 2.18. The number of hydrogen-bond acceptors (Lipinski definition) is 8. The van der Waals surface area contributed by atoms with E-state index in [1.807, 2.05) is 6.07 Å². The Hall–Kier alpha value is -5.44. The van der Waals surface area contributed by atoms with E-state index < -0.39 is 11.6 Å². The van der Waals surface area contributed by atoms with Crippen LogP contribution in [0.25, 0.3) is 28.0 Å². The van der Waals surface area contributed by atoms with Crippen molar-refractivity contribution in [1.29, 1.82) is 5.26 Å². The molecule has 4 N–H and O–H groups in total. The van der Waals surface area contributed by atoms with Crippen molar-refractivity contribution >= 4 is 17.7 Å². The van der Waals surface area contributed by atoms with Crippen molar-refractivity contribution in [2.75, 3.05) is 12.8 Å². The molecule has 39 heavy (non-hydrogen) atoms. The lowest BCUT2D eigenvalue weighted by Crippen LogP contribution is -2.04. The van der Waals surface area contributed by atoms with Crippen LogP contribution in [0, 0.1) is 23.0 Å². The first kappa shape index (κ1) is 25.2. The number of aromatic nitrogens is 6. The molecule has 10 nitrogen and oxygen atoms in total. The summed E-state index contributed by atoms with van der Waals surface area (Å²) in [5.41, 5.74) is 14.7. The molecule has 194 valence electrons. The second-order valence-corrected chi connectivity index (χ2v) is 8.58. The number of nitriles is 1. The monoisotopic (exact) mass is 524 g/mol. The Morgan fingerprint density at radius 2 is 1.92 bits per heavy atom. The van der Waals surface area contributed by atoms with Crippen LogP contribution in [0.15, 0.2) is 71.8 Å². The van der Waals surface area contributed by atoms with E-state index >= 15 is 4.39 Å². The molecule has 3 heterocycles. The molecule has 0 aliphatic heterocycles. The third-order valence-electron chi connectivity index (χ3n) is 6.04. The van der Waals surface area contributed by atoms with Crippen LogP contribution in [0.4, 0.5) is 14.6 Å². The summed E-state index contributed by atoms with van der Waals surface area (Å²) >= 11 is 0. The van der Waals surface area contributed by atoms with Gasteiger partial charge in [-0.25, -0.2) is 23.3 Å². The maximum atomic E-state index is 15.1. The molecule has 0 unspecified atom stereocenters. The molecule has 5 aromatic rings. The van der Waals surface area contributed by atoms with Gasteiger partial charge in [-0.2, -0.15) is 15.5 Å². The number of benzene rings is 2. The van der Waals surface area contributed by atoms with Crippen molar-refractivity contribution in [3.8, 4) is 28.5 Å². The van der Waals surface area contributed by atoms with Crippen molar-refractivity contribution in [2.24, 2.45) is 10.7 Å². The Kier molecular flexibility index (Phi) is 6.79. The summed E-state index contributed by atoms with van der Waals surface area (Å²) in [6.07, 6.45) is 8.06. The highest BCUT2D eigenvalue weighted by molar-refractivity contribution is 5.78. The Morgan fingerprint density at radius 3 is 2.69 bits per heavy atom. The van der Waals surface area contributed by atoms with Gasteiger partial charge in [-0.15, -0.1) is 0 Å². The van der Waals surface area contributed by atoms with Gasteiger partial charge in [0.1, 0.15) is 17.7 Å². The van der Waals surface area contributed by atoms with E-state index in [0.717, 1.165) is 5.57 Å². The number of hydrogen-bond donors (Lipinski definition) is 2. The summed E-state index contributed by atoms with van der Waals surface area (Å²) in [5, 5.41) is 18.0. The largest absolute Gasteiger partial charge is 0.404 e. The lowest BCUT2D eigenvalue weighted by atomic mass is 9.99. The van der Waals surface area contributed by atoms with Crippen LogP contribution in [0.3, 0.4) is 0 Å². The molecule has 0 saturated carbocycles. The SMILES string of the molecule is CN=C/C(=C\N)Cn1cc(-c2cccc(F)c2Cc2nc3c(N)nc(-c4cccc(C#N)c4F)cn3n2)cn1. The van der Waals surface area contributed by atoms with Crippen molar-refractivity contribution in [2.45, 2.75) is 13.0 Å². The van der Waals surface area contributed by atoms with Gasteiger partial charge in [0, 0.05) is 54.3 Å². The molecule has 0 amide bonds. The van der Waals surface area contributed by atoms with Crippen molar-refractivity contribution in [3.05, 3.63) is 95.3 Å². The standard InChI is InChI=1S/C27H22F2N10/c1-33-11-16(9-30)13-38-14-18(12-34-38)19-5-3-7-22(28)21(19)8-24-36-27-26(32)35-23(15-39(27)37-24)20-6-2-4-17(10-31)25(20)29/h2-7,9,11-12,14-15H,8,13,30H2,1H3,(H2,32,35)/b16-9+,33-11?. The third-order valence-corrected chi connectivity index (χ3v) is 6.04. The number of allylic oxidation sites excluding steroid dienone is 1. The summed E-state index contributed by atoms with van der Waals surface area (Å²) in [7, 11) is 1.65. The van der Waals surface area contributed by atoms with Crippen LogP contribution in [-0.4, -0.2) is 42.6 Å². The molecule has 12 heteroatoms. The molecule has 0 saturated heterocycles. The average molecular weight is 525 g/mol. The molecular weight excluding hydrogens is 502 g/mol. The van der Waals surface area contributed by atoms with E-state index in [4.69, 9.17) is 16.7 Å². The fourth-order valence-corrected chi connectivity index (χ4v) is 4.22. The lowest BCUT2D eigenvalue weighted by molar-refractivity contribution is 0.613. The van der Waals surface area contributed by atoms with Gasteiger partial charge in [0.05, 0.1) is 30.2 Å². The minimum atomic E-state index is -0.709. The maximum Gasteiger partial charge on any atom is 0.198 e. The van der Waals surface area contributed by atoms with Crippen molar-refractivity contribution in [3.63, 3.8) is 0 Å². The van der Waals surface area contributed by atoms with Crippen LogP contribution < -0.4 is 11.5 Å². The number of nitrogen functional groups attached to an aromatic ring is 1. The molecule has 3 aromatic heterocycles. The van der Waals surface area contributed by atoms with Gasteiger partial charge in [-0.3, -0.25) is 9.67 Å². The zero-order valence-electron chi connectivity index (χ0n) is 20.8. The summed E-state index contributed by atoms with van der Waals surface area (Å²) in [5.74, 6) is -0.832. The smallest absolute Gasteiger partial charge is 0.198 e. The first-order chi connectivity index (χ1) is 18.9. The molecule has 2 aromatic carbocycles. The normalized spacial score (nSPS) is 11.9. The molecule has 5 rings (SSSR count). The summed E-state index contributed by atoms with van der Waals surface area (Å²) in [4.78, 5) is 12.7. The number of aliphatic imine (C=N–C) groups is 1. The highest BCUT2D eigenvalue weighted by Crippen LogP contribution is 2.29. The summed E-state index contributed by atoms with van der Waals surface area (Å²) in [6, 6.07) is 11.0. The lowest BCUT2D eigenvalue weighted by Gasteiger charge is -2.07. The molecular formula is C27H22F2N10. The molecule has 0 spiro atoms. The quantitative estimate of drug-likeness (QED) is 0.309. The second-order valence-electron chi connectivity index (χ2n) is 8.58. The molecule has 0 fully saturated rings. The van der Waals surface area contributed by atoms with Gasteiger partial charge in [0.15, 0.2) is 17.3 Å². The first-order valence-electron chi connectivity index (χ1n) is 11.8. The molecule has 0 aliphatic rings. The molecule has 0 bridgehead atoms. The van der Waals surface area contributed by atoms with E-state index in [9.17, 15) is 4.39 Å². The predicted octanol–water partition coefficient (Wildman–Crippen LogP) is 3.52. The Bertz CT molecular complexity index is 1790. The van der Waals surface area contributed by atoms with Crippen LogP contribution in [0.5, 0.6) is 0 Å². The molecule has 0 aliphatic carbocycles. The minimum absolute atomic E-state index is 0.0161. The zero-order valence-corrected chi connectivity index (χ0v) is 20.8. The van der Waals surface area contributed by atoms with Crippen LogP contribution in [0.2, 0.25) is 0 Å². The van der Waals surface area contributed by atoms with Gasteiger partial charge in [0.25, 0.3) is 0 Å². The van der Waals surface area contributed by atoms with Gasteiger partial charge in [-0.05, 0) is 23.8 Å². The van der Waals surface area contributed by atoms with Crippen LogP contribution >= 0.6 is 0 Å². The minimum Gasteiger partial charge on any atom is -0.404 e. The Morgan fingerprint density at radius 1 is 1.13 bits per heavy atom. The topological polar surface area (TPSA) is 149 Å². The Labute approximate surface area is 221 Å². The van der Waals surface area contributed by atoms with E-state index in [1.165, 1.54) is 35.1 Å². The number of rotatable bonds is 7. The number of halogens is 2. The van der Waals surface area contributed by atoms with Gasteiger partial charge < -0.3 is 11.5 Å². The average Bonchev–Trinajstić information content (AvgIpc) is 3.57. The fraction of sp³-hybridized carbons (Fsp3) is 0.111. The first-order valence-corrected chi connectivity index (χ1v) is 11.8. The van der Waals surface area contributed by atoms with Crippen molar-refractivity contribution in [1.82, 2.24) is 29.4 Å². The third kappa shape index (κ3) is 4.93. The fourth-order valence-electron chi connectivity index (χ4n) is 4.22. The Balaban J connectivity index is 1.49. The van der Waals surface area contributed by atoms with E-state index in [-0.39, 0.29) is 40.5 Å². The zero-order chi connectivity index (χ0) is 27.5. The van der Waals surface area contributed by atoms with E-state index in [0.29, 0.717) is 23.2 Å². The maximum absolute atomic E-state index is 15.1. The van der Waals surface area contributed by atoms with Gasteiger partial charge in [-0.1, -0.05) is 18.2 Å². The number of nitrogens with two attached hydrogens (primary N) is 2. The summed E-state index contributed by atoms with van der Waals surface area (Å²) < 4.78 is 32.9. The highest BCUT2D eigenvalue weighted by atomic mass is 19.1. The van der Waals surface area contributed by atoms with Gasteiger partial charge in [0.2, 0.25) is 0 Å². The number of nitrogens with zero attached hydrogens (tertiary/aromatic N) is 8. The number of anilines is 1. The van der Waals surface area contributed by atoms with E-state index in [1.54, 1.807) is 48.5 Å². The second kappa shape index (κ2) is 10.5. The molecule has 0 radical (unpaired) electrons. The predicted molar refractivity (Wildman–Crippen MR) is 142 cm³/mol. The van der Waals surface area contributed by atoms with Crippen molar-refractivity contribution < 1.29 is 8.78 Å². The van der Waals surface area contributed by atoms with Gasteiger partial charge >= 0.3 is 0 Å². The van der Waals surface area contributed by atoms with E-state index in [2.05, 4.69) is 25.2 Å².